The highest BCUT2D eigenvalue weighted by Crippen LogP contribution is 2.30. The van der Waals surface area contributed by atoms with Gasteiger partial charge in [0.2, 0.25) is 0 Å². The number of methoxy groups -OCH3 is 1. The van der Waals surface area contributed by atoms with Crippen LogP contribution in [0.1, 0.15) is 51.6 Å². The minimum atomic E-state index is 0.174. The first-order chi connectivity index (χ1) is 9.78. The molecule has 3 heteroatoms. The van der Waals surface area contributed by atoms with Crippen molar-refractivity contribution in [1.29, 1.82) is 0 Å². The lowest BCUT2D eigenvalue weighted by Crippen LogP contribution is -2.34. The van der Waals surface area contributed by atoms with Crippen molar-refractivity contribution in [2.45, 2.75) is 52.2 Å². The Hall–Kier alpha value is -1.06. The monoisotopic (exact) mass is 279 g/mol. The maximum Gasteiger partial charge on any atom is 0.124 e. The lowest BCUT2D eigenvalue weighted by Gasteiger charge is -2.28. The molecule has 0 aliphatic rings. The Morgan fingerprint density at radius 3 is 2.45 bits per heavy atom. The lowest BCUT2D eigenvalue weighted by molar-refractivity contribution is 0.0596. The zero-order valence-corrected chi connectivity index (χ0v) is 13.3. The molecule has 0 spiro atoms. The van der Waals surface area contributed by atoms with Crippen molar-refractivity contribution < 1.29 is 9.47 Å². The Morgan fingerprint density at radius 1 is 1.10 bits per heavy atom. The molecule has 0 saturated heterocycles. The largest absolute Gasteiger partial charge is 0.494 e. The van der Waals surface area contributed by atoms with Crippen LogP contribution in [0, 0.1) is 0 Å². The van der Waals surface area contributed by atoms with Gasteiger partial charge < -0.3 is 14.8 Å². The molecule has 114 valence electrons. The summed E-state index contributed by atoms with van der Waals surface area (Å²) in [6.45, 7) is 8.06. The van der Waals surface area contributed by atoms with E-state index in [1.807, 2.05) is 19.1 Å². The van der Waals surface area contributed by atoms with E-state index in [1.165, 1.54) is 5.56 Å². The molecule has 0 amide bonds. The highest BCUT2D eigenvalue weighted by atomic mass is 16.5. The van der Waals surface area contributed by atoms with Crippen LogP contribution in [0.25, 0.3) is 0 Å². The Morgan fingerprint density at radius 2 is 1.85 bits per heavy atom. The highest BCUT2D eigenvalue weighted by Gasteiger charge is 2.24. The number of hydrogen-bond acceptors (Lipinski definition) is 3. The third kappa shape index (κ3) is 4.80. The Kier molecular flexibility index (Phi) is 8.31. The van der Waals surface area contributed by atoms with Crippen LogP contribution < -0.4 is 10.1 Å². The average Bonchev–Trinajstić information content (AvgIpc) is 2.48. The third-order valence-corrected chi connectivity index (χ3v) is 3.42. The predicted molar refractivity (Wildman–Crippen MR) is 84.4 cm³/mol. The number of nitrogens with one attached hydrogen (secondary N) is 1. The van der Waals surface area contributed by atoms with E-state index in [0.717, 1.165) is 31.6 Å². The zero-order chi connectivity index (χ0) is 14.8. The molecule has 0 radical (unpaired) electrons. The van der Waals surface area contributed by atoms with Crippen molar-refractivity contribution in [3.63, 3.8) is 0 Å². The van der Waals surface area contributed by atoms with Crippen LogP contribution in [0.3, 0.4) is 0 Å². The molecule has 0 bridgehead atoms. The van der Waals surface area contributed by atoms with Crippen LogP contribution in [0.15, 0.2) is 24.3 Å². The molecule has 1 aromatic carbocycles. The van der Waals surface area contributed by atoms with Gasteiger partial charge in [0, 0.05) is 12.7 Å². The van der Waals surface area contributed by atoms with Gasteiger partial charge in [0.25, 0.3) is 0 Å². The Labute approximate surface area is 123 Å². The topological polar surface area (TPSA) is 30.5 Å². The molecule has 0 aliphatic heterocycles. The molecular weight excluding hydrogens is 250 g/mol. The fraction of sp³-hybridized carbons (Fsp3) is 0.647. The van der Waals surface area contributed by atoms with E-state index >= 15 is 0 Å². The quantitative estimate of drug-likeness (QED) is 0.703. The molecule has 0 fully saturated rings. The van der Waals surface area contributed by atoms with E-state index in [1.54, 1.807) is 7.11 Å². The Balaban J connectivity index is 3.01. The SMILES string of the molecule is CCCNC(c1ccccc1OCC)C(CCC)OC. The third-order valence-electron chi connectivity index (χ3n) is 3.42. The van der Waals surface area contributed by atoms with E-state index in [4.69, 9.17) is 9.47 Å². The van der Waals surface area contributed by atoms with Crippen LogP contribution in [-0.2, 0) is 4.74 Å². The van der Waals surface area contributed by atoms with E-state index in [-0.39, 0.29) is 12.1 Å². The fourth-order valence-electron chi connectivity index (χ4n) is 2.47. The van der Waals surface area contributed by atoms with Gasteiger partial charge in [-0.3, -0.25) is 0 Å². The van der Waals surface area contributed by atoms with Crippen LogP contribution in [0.5, 0.6) is 5.75 Å². The highest BCUT2D eigenvalue weighted by molar-refractivity contribution is 5.36. The summed E-state index contributed by atoms with van der Waals surface area (Å²) in [4.78, 5) is 0. The van der Waals surface area contributed by atoms with E-state index in [0.29, 0.717) is 6.61 Å². The first-order valence-corrected chi connectivity index (χ1v) is 7.76. The molecule has 0 aliphatic carbocycles. The second-order valence-corrected chi connectivity index (χ2v) is 4.97. The van der Waals surface area contributed by atoms with Crippen molar-refractivity contribution in [2.75, 3.05) is 20.3 Å². The minimum absolute atomic E-state index is 0.174. The molecule has 0 saturated carbocycles. The maximum absolute atomic E-state index is 5.78. The molecule has 2 atom stereocenters. The van der Waals surface area contributed by atoms with Gasteiger partial charge >= 0.3 is 0 Å². The summed E-state index contributed by atoms with van der Waals surface area (Å²) in [7, 11) is 1.80. The van der Waals surface area contributed by atoms with Crippen LogP contribution >= 0.6 is 0 Å². The molecule has 0 heterocycles. The number of benzene rings is 1. The van der Waals surface area contributed by atoms with Gasteiger partial charge in [-0.2, -0.15) is 0 Å². The lowest BCUT2D eigenvalue weighted by atomic mass is 9.97. The minimum Gasteiger partial charge on any atom is -0.494 e. The zero-order valence-electron chi connectivity index (χ0n) is 13.3. The van der Waals surface area contributed by atoms with E-state index in [2.05, 4.69) is 31.3 Å². The maximum atomic E-state index is 5.78. The molecule has 1 aromatic rings. The normalized spacial score (nSPS) is 14.0. The standard InChI is InChI=1S/C17H29NO2/c1-5-10-16(19-4)17(18-13-6-2)14-11-8-9-12-15(14)20-7-3/h8-9,11-12,16-18H,5-7,10,13H2,1-4H3. The predicted octanol–water partition coefficient (Wildman–Crippen LogP) is 3.94. The summed E-state index contributed by atoms with van der Waals surface area (Å²) in [5.41, 5.74) is 1.20. The van der Waals surface area contributed by atoms with Crippen molar-refractivity contribution in [1.82, 2.24) is 5.32 Å². The second kappa shape index (κ2) is 9.78. The van der Waals surface area contributed by atoms with Crippen molar-refractivity contribution >= 4 is 0 Å². The average molecular weight is 279 g/mol. The van der Waals surface area contributed by atoms with E-state index in [9.17, 15) is 0 Å². The van der Waals surface area contributed by atoms with Gasteiger partial charge in [0.1, 0.15) is 5.75 Å². The number of rotatable bonds is 10. The van der Waals surface area contributed by atoms with Gasteiger partial charge in [-0.25, -0.2) is 0 Å². The molecule has 1 N–H and O–H groups in total. The van der Waals surface area contributed by atoms with Gasteiger partial charge in [0.05, 0.1) is 18.8 Å². The summed E-state index contributed by atoms with van der Waals surface area (Å²) >= 11 is 0. The summed E-state index contributed by atoms with van der Waals surface area (Å²) in [6.07, 6.45) is 3.43. The number of ether oxygens (including phenoxy) is 2. The summed E-state index contributed by atoms with van der Waals surface area (Å²) in [5, 5.41) is 3.62. The van der Waals surface area contributed by atoms with Gasteiger partial charge in [-0.1, -0.05) is 38.5 Å². The molecule has 20 heavy (non-hydrogen) atoms. The van der Waals surface area contributed by atoms with Crippen molar-refractivity contribution in [3.8, 4) is 5.75 Å². The first kappa shape index (κ1) is 17.0. The molecule has 2 unspecified atom stereocenters. The fourth-order valence-corrected chi connectivity index (χ4v) is 2.47. The van der Waals surface area contributed by atoms with Gasteiger partial charge in [-0.15, -0.1) is 0 Å². The first-order valence-electron chi connectivity index (χ1n) is 7.76. The second-order valence-electron chi connectivity index (χ2n) is 4.97. The smallest absolute Gasteiger partial charge is 0.124 e. The van der Waals surface area contributed by atoms with Crippen molar-refractivity contribution in [2.24, 2.45) is 0 Å². The molecule has 1 rings (SSSR count). The summed E-state index contributed by atoms with van der Waals surface area (Å²) in [6, 6.07) is 8.45. The van der Waals surface area contributed by atoms with E-state index < -0.39 is 0 Å². The summed E-state index contributed by atoms with van der Waals surface area (Å²) in [5.74, 6) is 0.960. The number of hydrogen-bond donors (Lipinski definition) is 1. The summed E-state index contributed by atoms with van der Waals surface area (Å²) < 4.78 is 11.5. The van der Waals surface area contributed by atoms with Gasteiger partial charge in [0.15, 0.2) is 0 Å². The van der Waals surface area contributed by atoms with Crippen LogP contribution in [0.2, 0.25) is 0 Å². The van der Waals surface area contributed by atoms with Crippen molar-refractivity contribution in [3.05, 3.63) is 29.8 Å². The van der Waals surface area contributed by atoms with Gasteiger partial charge in [-0.05, 0) is 32.4 Å². The molecule has 3 nitrogen and oxygen atoms in total. The molecular formula is C17H29NO2. The van der Waals surface area contributed by atoms with Crippen LogP contribution in [-0.4, -0.2) is 26.4 Å². The molecule has 0 aromatic heterocycles. The van der Waals surface area contributed by atoms with Crippen LogP contribution in [0.4, 0.5) is 0 Å². The Bertz CT molecular complexity index is 368. The number of para-hydroxylation sites is 1.